The van der Waals surface area contributed by atoms with Crippen LogP contribution < -0.4 is 5.32 Å². The third kappa shape index (κ3) is 3.63. The predicted octanol–water partition coefficient (Wildman–Crippen LogP) is 3.86. The molecule has 21 heavy (non-hydrogen) atoms. The Balaban J connectivity index is 2.46. The van der Waals surface area contributed by atoms with Gasteiger partial charge in [0, 0.05) is 29.4 Å². The van der Waals surface area contributed by atoms with Gasteiger partial charge in [-0.25, -0.2) is 4.39 Å². The summed E-state index contributed by atoms with van der Waals surface area (Å²) in [6, 6.07) is 4.63. The highest BCUT2D eigenvalue weighted by Gasteiger charge is 2.22. The van der Waals surface area contributed by atoms with Gasteiger partial charge in [-0.05, 0) is 31.5 Å². The second-order valence-corrected chi connectivity index (χ2v) is 5.55. The van der Waals surface area contributed by atoms with Crippen molar-refractivity contribution >= 4 is 11.6 Å². The first-order valence-electron chi connectivity index (χ1n) is 7.27. The van der Waals surface area contributed by atoms with Crippen LogP contribution in [-0.2, 0) is 13.5 Å². The van der Waals surface area contributed by atoms with Crippen molar-refractivity contribution in [1.29, 1.82) is 0 Å². The van der Waals surface area contributed by atoms with Crippen molar-refractivity contribution < 1.29 is 4.39 Å². The van der Waals surface area contributed by atoms with E-state index in [1.165, 1.54) is 6.07 Å². The molecule has 3 nitrogen and oxygen atoms in total. The maximum Gasteiger partial charge on any atom is 0.129 e. The van der Waals surface area contributed by atoms with Crippen molar-refractivity contribution in [3.8, 4) is 0 Å². The third-order valence-corrected chi connectivity index (χ3v) is 3.69. The van der Waals surface area contributed by atoms with Crippen LogP contribution in [0.2, 0.25) is 5.02 Å². The molecule has 0 saturated heterocycles. The van der Waals surface area contributed by atoms with E-state index in [9.17, 15) is 4.39 Å². The Bertz CT molecular complexity index is 610. The normalized spacial score (nSPS) is 12.6. The molecular weight excluding hydrogens is 289 g/mol. The monoisotopic (exact) mass is 309 g/mol. The number of hydrogen-bond donors (Lipinski definition) is 1. The molecule has 0 aliphatic carbocycles. The first-order chi connectivity index (χ1) is 10.1. The van der Waals surface area contributed by atoms with Gasteiger partial charge in [0.05, 0.1) is 11.7 Å². The lowest BCUT2D eigenvalue weighted by Gasteiger charge is -2.20. The molecule has 1 aromatic heterocycles. The predicted molar refractivity (Wildman–Crippen MR) is 84.1 cm³/mol. The molecule has 0 aliphatic rings. The molecule has 0 radical (unpaired) electrons. The van der Waals surface area contributed by atoms with Crippen LogP contribution in [0.1, 0.15) is 43.1 Å². The minimum absolute atomic E-state index is 0.203. The lowest BCUT2D eigenvalue weighted by atomic mass is 9.97. The molecule has 0 amide bonds. The summed E-state index contributed by atoms with van der Waals surface area (Å²) in [4.78, 5) is 0. The van der Waals surface area contributed by atoms with Crippen LogP contribution in [0.25, 0.3) is 0 Å². The molecule has 5 heteroatoms. The van der Waals surface area contributed by atoms with Gasteiger partial charge in [-0.15, -0.1) is 0 Å². The topological polar surface area (TPSA) is 29.9 Å². The maximum absolute atomic E-state index is 14.3. The van der Waals surface area contributed by atoms with E-state index in [1.807, 2.05) is 13.2 Å². The Hall–Kier alpha value is -1.39. The Morgan fingerprint density at radius 1 is 1.33 bits per heavy atom. The van der Waals surface area contributed by atoms with Gasteiger partial charge in [0.2, 0.25) is 0 Å². The minimum atomic E-state index is -0.290. The SMILES string of the molecule is CCCNC(c1ccc(Cl)cc1F)c1cn(C)nc1CC. The summed E-state index contributed by atoms with van der Waals surface area (Å²) < 4.78 is 16.1. The maximum atomic E-state index is 14.3. The average Bonchev–Trinajstić information content (AvgIpc) is 2.82. The second kappa shape index (κ2) is 7.05. The average molecular weight is 310 g/mol. The van der Waals surface area contributed by atoms with E-state index in [1.54, 1.807) is 16.8 Å². The van der Waals surface area contributed by atoms with Gasteiger partial charge in [-0.1, -0.05) is 31.5 Å². The fourth-order valence-corrected chi connectivity index (χ4v) is 2.64. The van der Waals surface area contributed by atoms with Crippen molar-refractivity contribution in [1.82, 2.24) is 15.1 Å². The number of aryl methyl sites for hydroxylation is 2. The van der Waals surface area contributed by atoms with Gasteiger partial charge in [-0.3, -0.25) is 4.68 Å². The van der Waals surface area contributed by atoms with Crippen LogP contribution in [0.4, 0.5) is 4.39 Å². The van der Waals surface area contributed by atoms with Gasteiger partial charge in [0.25, 0.3) is 0 Å². The number of halogens is 2. The Labute approximate surface area is 130 Å². The molecule has 1 heterocycles. The van der Waals surface area contributed by atoms with Crippen LogP contribution in [0.5, 0.6) is 0 Å². The summed E-state index contributed by atoms with van der Waals surface area (Å²) in [6.45, 7) is 4.96. The standard InChI is InChI=1S/C16H21ClFN3/c1-4-8-19-16(12-7-6-11(17)9-14(12)18)13-10-21(3)20-15(13)5-2/h6-7,9-10,16,19H,4-5,8H2,1-3H3. The quantitative estimate of drug-likeness (QED) is 0.878. The van der Waals surface area contributed by atoms with Gasteiger partial charge in [-0.2, -0.15) is 5.10 Å². The van der Waals surface area contributed by atoms with E-state index in [2.05, 4.69) is 24.3 Å². The third-order valence-electron chi connectivity index (χ3n) is 3.46. The van der Waals surface area contributed by atoms with Gasteiger partial charge in [0.1, 0.15) is 5.82 Å². The number of hydrogen-bond acceptors (Lipinski definition) is 2. The van der Waals surface area contributed by atoms with Crippen LogP contribution in [-0.4, -0.2) is 16.3 Å². The summed E-state index contributed by atoms with van der Waals surface area (Å²) >= 11 is 5.86. The van der Waals surface area contributed by atoms with Crippen molar-refractivity contribution in [2.24, 2.45) is 7.05 Å². The first kappa shape index (κ1) is 16.0. The molecule has 2 aromatic rings. The van der Waals surface area contributed by atoms with Crippen molar-refractivity contribution in [2.45, 2.75) is 32.7 Å². The van der Waals surface area contributed by atoms with Gasteiger partial charge in [0.15, 0.2) is 0 Å². The molecule has 0 saturated carbocycles. The summed E-state index contributed by atoms with van der Waals surface area (Å²) in [5.41, 5.74) is 2.62. The van der Waals surface area contributed by atoms with Crippen LogP contribution in [0.3, 0.4) is 0 Å². The highest BCUT2D eigenvalue weighted by molar-refractivity contribution is 6.30. The molecular formula is C16H21ClFN3. The highest BCUT2D eigenvalue weighted by atomic mass is 35.5. The molecule has 114 valence electrons. The first-order valence-corrected chi connectivity index (χ1v) is 7.65. The molecule has 0 spiro atoms. The fraction of sp³-hybridized carbons (Fsp3) is 0.438. The summed E-state index contributed by atoms with van der Waals surface area (Å²) in [5, 5.41) is 8.28. The zero-order chi connectivity index (χ0) is 15.4. The highest BCUT2D eigenvalue weighted by Crippen LogP contribution is 2.28. The number of nitrogens with one attached hydrogen (secondary N) is 1. The lowest BCUT2D eigenvalue weighted by Crippen LogP contribution is -2.24. The summed E-state index contributed by atoms with van der Waals surface area (Å²) in [7, 11) is 1.89. The van der Waals surface area contributed by atoms with Crippen LogP contribution in [0, 0.1) is 5.82 Å². The molecule has 1 N–H and O–H groups in total. The summed E-state index contributed by atoms with van der Waals surface area (Å²) in [6.07, 6.45) is 3.75. The van der Waals surface area contributed by atoms with Crippen molar-refractivity contribution in [3.63, 3.8) is 0 Å². The molecule has 1 aromatic carbocycles. The Morgan fingerprint density at radius 3 is 2.71 bits per heavy atom. The van der Waals surface area contributed by atoms with E-state index in [0.29, 0.717) is 10.6 Å². The Kier molecular flexibility index (Phi) is 5.37. The van der Waals surface area contributed by atoms with E-state index in [4.69, 9.17) is 11.6 Å². The van der Waals surface area contributed by atoms with Crippen molar-refractivity contribution in [2.75, 3.05) is 6.54 Å². The van der Waals surface area contributed by atoms with Crippen molar-refractivity contribution in [3.05, 3.63) is 52.1 Å². The van der Waals surface area contributed by atoms with Crippen LogP contribution >= 0.6 is 11.6 Å². The smallest absolute Gasteiger partial charge is 0.129 e. The minimum Gasteiger partial charge on any atom is -0.306 e. The lowest BCUT2D eigenvalue weighted by molar-refractivity contribution is 0.544. The molecule has 1 unspecified atom stereocenters. The molecule has 0 aliphatic heterocycles. The molecule has 0 bridgehead atoms. The van der Waals surface area contributed by atoms with E-state index in [0.717, 1.165) is 30.6 Å². The molecule has 2 rings (SSSR count). The van der Waals surface area contributed by atoms with E-state index in [-0.39, 0.29) is 11.9 Å². The fourth-order valence-electron chi connectivity index (χ4n) is 2.48. The van der Waals surface area contributed by atoms with E-state index < -0.39 is 0 Å². The summed E-state index contributed by atoms with van der Waals surface area (Å²) in [5.74, 6) is -0.290. The number of rotatable bonds is 6. The zero-order valence-electron chi connectivity index (χ0n) is 12.7. The van der Waals surface area contributed by atoms with E-state index >= 15 is 0 Å². The van der Waals surface area contributed by atoms with Gasteiger partial charge < -0.3 is 5.32 Å². The van der Waals surface area contributed by atoms with Gasteiger partial charge >= 0.3 is 0 Å². The zero-order valence-corrected chi connectivity index (χ0v) is 13.4. The Morgan fingerprint density at radius 2 is 2.10 bits per heavy atom. The number of nitrogens with zero attached hydrogens (tertiary/aromatic N) is 2. The largest absolute Gasteiger partial charge is 0.306 e. The second-order valence-electron chi connectivity index (χ2n) is 5.11. The molecule has 0 fully saturated rings. The van der Waals surface area contributed by atoms with Crippen LogP contribution in [0.15, 0.2) is 24.4 Å². The molecule has 1 atom stereocenters. The number of benzene rings is 1. The number of aromatic nitrogens is 2.